The van der Waals surface area contributed by atoms with E-state index in [9.17, 15) is 14.0 Å². The lowest BCUT2D eigenvalue weighted by atomic mass is 10.1. The molecule has 0 heterocycles. The Bertz CT molecular complexity index is 760. The number of thioether (sulfide) groups is 1. The second-order valence-electron chi connectivity index (χ2n) is 5.58. The smallest absolute Gasteiger partial charge is 0.303 e. The van der Waals surface area contributed by atoms with Gasteiger partial charge in [-0.15, -0.1) is 11.8 Å². The van der Waals surface area contributed by atoms with E-state index in [0.29, 0.717) is 22.9 Å². The second kappa shape index (κ2) is 12.1. The zero-order valence-electron chi connectivity index (χ0n) is 16.1. The fourth-order valence-electron chi connectivity index (χ4n) is 1.90. The maximum Gasteiger partial charge on any atom is 0.346 e. The number of anilines is 1. The molecule has 0 saturated heterocycles. The van der Waals surface area contributed by atoms with Crippen LogP contribution in [0, 0.1) is 5.82 Å². The molecule has 0 bridgehead atoms. The van der Waals surface area contributed by atoms with Crippen molar-refractivity contribution in [2.24, 2.45) is 15.0 Å². The Morgan fingerprint density at radius 2 is 2.04 bits per heavy atom. The molecule has 0 radical (unpaired) electrons. The van der Waals surface area contributed by atoms with Crippen LogP contribution in [0.1, 0.15) is 45.6 Å². The quantitative estimate of drug-likeness (QED) is 0.537. The van der Waals surface area contributed by atoms with Crippen molar-refractivity contribution in [2.45, 2.75) is 40.0 Å². The van der Waals surface area contributed by atoms with Gasteiger partial charge in [-0.25, -0.2) is 14.2 Å². The fourth-order valence-corrected chi connectivity index (χ4v) is 2.62. The van der Waals surface area contributed by atoms with Crippen molar-refractivity contribution in [2.75, 3.05) is 18.1 Å². The van der Waals surface area contributed by atoms with Crippen LogP contribution in [0.4, 0.5) is 14.9 Å². The molecule has 0 aromatic heterocycles. The van der Waals surface area contributed by atoms with Gasteiger partial charge in [0.25, 0.3) is 0 Å². The summed E-state index contributed by atoms with van der Waals surface area (Å²) in [5, 5.41) is 2.84. The average Bonchev–Trinajstić information content (AvgIpc) is 2.65. The number of Topliss-reactive ketones (excluding diaryl/α,β-unsaturated/α-hetero) is 1. The highest BCUT2D eigenvalue weighted by Gasteiger charge is 2.10. The highest BCUT2D eigenvalue weighted by atomic mass is 32.2. The maximum absolute atomic E-state index is 14.3. The standard InChI is InChI=1S/C19H25FN4O2S/c1-5-7-10-22-18(21-4)14-8-9-17(16(20)11-14)24-19(26)23-13(3)27-12-15(25)6-2/h8-11H,5-7,12H2,1-4H3,(H,24,26)/b21-18?,22-10?,23-13-. The number of carbonyl (C=O) groups is 2. The molecule has 0 saturated carbocycles. The van der Waals surface area contributed by atoms with E-state index in [4.69, 9.17) is 0 Å². The van der Waals surface area contributed by atoms with Gasteiger partial charge in [-0.3, -0.25) is 9.79 Å². The summed E-state index contributed by atoms with van der Waals surface area (Å²) >= 11 is 1.19. The number of unbranched alkanes of at least 4 members (excludes halogenated alkanes) is 1. The van der Waals surface area contributed by atoms with Crippen molar-refractivity contribution < 1.29 is 14.0 Å². The van der Waals surface area contributed by atoms with Crippen molar-refractivity contribution in [3.05, 3.63) is 29.6 Å². The monoisotopic (exact) mass is 392 g/mol. The Morgan fingerprint density at radius 3 is 2.63 bits per heavy atom. The van der Waals surface area contributed by atoms with Gasteiger partial charge < -0.3 is 5.32 Å². The molecule has 1 rings (SSSR count). The highest BCUT2D eigenvalue weighted by Crippen LogP contribution is 2.17. The van der Waals surface area contributed by atoms with E-state index >= 15 is 0 Å². The predicted molar refractivity (Wildman–Crippen MR) is 112 cm³/mol. The van der Waals surface area contributed by atoms with E-state index in [1.807, 2.05) is 6.92 Å². The van der Waals surface area contributed by atoms with Crippen molar-refractivity contribution in [3.63, 3.8) is 0 Å². The van der Waals surface area contributed by atoms with E-state index in [-0.39, 0.29) is 17.2 Å². The molecule has 0 aliphatic carbocycles. The van der Waals surface area contributed by atoms with Crippen molar-refractivity contribution in [3.8, 4) is 0 Å². The van der Waals surface area contributed by atoms with E-state index < -0.39 is 11.8 Å². The molecule has 6 nitrogen and oxygen atoms in total. The topological polar surface area (TPSA) is 83.2 Å². The number of amidine groups is 1. The van der Waals surface area contributed by atoms with Gasteiger partial charge >= 0.3 is 6.03 Å². The van der Waals surface area contributed by atoms with Gasteiger partial charge in [0, 0.05) is 25.2 Å². The third kappa shape index (κ3) is 8.25. The molecular weight excluding hydrogens is 367 g/mol. The molecule has 0 aliphatic heterocycles. The number of hydrogen-bond acceptors (Lipinski definition) is 4. The van der Waals surface area contributed by atoms with Crippen LogP contribution in [0.3, 0.4) is 0 Å². The van der Waals surface area contributed by atoms with E-state index in [1.165, 1.54) is 23.9 Å². The van der Waals surface area contributed by atoms with Crippen molar-refractivity contribution >= 4 is 46.4 Å². The summed E-state index contributed by atoms with van der Waals surface area (Å²) in [6, 6.07) is 3.66. The first-order valence-electron chi connectivity index (χ1n) is 8.71. The van der Waals surface area contributed by atoms with Gasteiger partial charge in [0.2, 0.25) is 0 Å². The summed E-state index contributed by atoms with van der Waals surface area (Å²) in [6.07, 6.45) is 3.96. The summed E-state index contributed by atoms with van der Waals surface area (Å²) in [5.74, 6) is 0.159. The minimum Gasteiger partial charge on any atom is -0.303 e. The third-order valence-electron chi connectivity index (χ3n) is 3.41. The van der Waals surface area contributed by atoms with E-state index in [1.54, 1.807) is 33.2 Å². The highest BCUT2D eigenvalue weighted by molar-refractivity contribution is 8.14. The molecule has 0 fully saturated rings. The first-order chi connectivity index (χ1) is 12.9. The summed E-state index contributed by atoms with van der Waals surface area (Å²) in [4.78, 5) is 35.3. The summed E-state index contributed by atoms with van der Waals surface area (Å²) < 4.78 is 14.3. The van der Waals surface area contributed by atoms with Gasteiger partial charge in [0.05, 0.1) is 16.5 Å². The number of amides is 2. The normalized spacial score (nSPS) is 12.5. The average molecular weight is 393 g/mol. The molecule has 2 amide bonds. The number of carbonyl (C=O) groups excluding carboxylic acids is 2. The Kier molecular flexibility index (Phi) is 10.2. The number of hydrogen-bond donors (Lipinski definition) is 1. The Balaban J connectivity index is 2.79. The molecular formula is C19H25FN4O2S. The molecule has 1 aromatic carbocycles. The van der Waals surface area contributed by atoms with Crippen molar-refractivity contribution in [1.82, 2.24) is 0 Å². The maximum atomic E-state index is 14.3. The van der Waals surface area contributed by atoms with Crippen LogP contribution in [0.2, 0.25) is 0 Å². The molecule has 0 unspecified atom stereocenters. The Hall–Kier alpha value is -2.35. The number of nitrogens with one attached hydrogen (secondary N) is 1. The molecule has 1 N–H and O–H groups in total. The summed E-state index contributed by atoms with van der Waals surface area (Å²) in [6.45, 7) is 5.44. The van der Waals surface area contributed by atoms with Gasteiger partial charge in [-0.05, 0) is 31.5 Å². The Morgan fingerprint density at radius 1 is 1.30 bits per heavy atom. The fraction of sp³-hybridized carbons (Fsp3) is 0.421. The lowest BCUT2D eigenvalue weighted by Gasteiger charge is -2.07. The lowest BCUT2D eigenvalue weighted by Crippen LogP contribution is -2.11. The largest absolute Gasteiger partial charge is 0.346 e. The van der Waals surface area contributed by atoms with Crippen LogP contribution < -0.4 is 5.32 Å². The number of rotatable bonds is 7. The molecule has 0 spiro atoms. The first-order valence-corrected chi connectivity index (χ1v) is 9.69. The minimum absolute atomic E-state index is 0.0166. The van der Waals surface area contributed by atoms with Crippen LogP contribution in [-0.4, -0.2) is 41.7 Å². The molecule has 0 aliphatic rings. The summed E-state index contributed by atoms with van der Waals surface area (Å²) in [7, 11) is 1.59. The minimum atomic E-state index is -0.694. The van der Waals surface area contributed by atoms with Crippen LogP contribution in [0.5, 0.6) is 0 Å². The van der Waals surface area contributed by atoms with E-state index in [2.05, 4.69) is 20.3 Å². The van der Waals surface area contributed by atoms with Gasteiger partial charge in [0.1, 0.15) is 11.6 Å². The van der Waals surface area contributed by atoms with Crippen LogP contribution in [0.15, 0.2) is 33.2 Å². The van der Waals surface area contributed by atoms with E-state index in [0.717, 1.165) is 12.8 Å². The van der Waals surface area contributed by atoms with Gasteiger partial charge in [-0.2, -0.15) is 4.99 Å². The molecule has 0 atom stereocenters. The third-order valence-corrected chi connectivity index (χ3v) is 4.38. The van der Waals surface area contributed by atoms with Gasteiger partial charge in [0.15, 0.2) is 5.84 Å². The summed E-state index contributed by atoms with van der Waals surface area (Å²) in [5.41, 5.74) is 0.539. The zero-order valence-corrected chi connectivity index (χ0v) is 16.9. The number of ketones is 1. The number of nitrogens with zero attached hydrogens (tertiary/aromatic N) is 3. The van der Waals surface area contributed by atoms with Crippen LogP contribution in [-0.2, 0) is 4.79 Å². The van der Waals surface area contributed by atoms with Crippen LogP contribution in [0.25, 0.3) is 0 Å². The second-order valence-corrected chi connectivity index (χ2v) is 6.75. The first kappa shape index (κ1) is 22.7. The predicted octanol–water partition coefficient (Wildman–Crippen LogP) is 4.74. The molecule has 1 aromatic rings. The SMILES string of the molecule is CCCC=NC(=NC)c1ccc(NC(=O)/N=C(/C)SCC(=O)CC)c(F)c1. The number of aliphatic imine (C=N–C) groups is 3. The molecule has 146 valence electrons. The number of benzene rings is 1. The van der Waals surface area contributed by atoms with Crippen LogP contribution >= 0.6 is 11.8 Å². The van der Waals surface area contributed by atoms with Gasteiger partial charge in [-0.1, -0.05) is 20.3 Å². The molecule has 8 heteroatoms. The number of halogens is 1. The zero-order chi connectivity index (χ0) is 20.2. The molecule has 27 heavy (non-hydrogen) atoms. The Labute approximate surface area is 163 Å². The van der Waals surface area contributed by atoms with Crippen molar-refractivity contribution in [1.29, 1.82) is 0 Å². The lowest BCUT2D eigenvalue weighted by molar-refractivity contribution is -0.116. The number of urea groups is 1.